The predicted octanol–water partition coefficient (Wildman–Crippen LogP) is 0.304. The molecule has 4 nitrogen and oxygen atoms in total. The van der Waals surface area contributed by atoms with E-state index in [1.165, 1.54) is 6.42 Å². The zero-order valence-corrected chi connectivity index (χ0v) is 8.39. The first kappa shape index (κ1) is 10.3. The molecule has 4 heteroatoms. The summed E-state index contributed by atoms with van der Waals surface area (Å²) in [5.41, 5.74) is 0. The van der Waals surface area contributed by atoms with Gasteiger partial charge in [-0.15, -0.1) is 0 Å². The van der Waals surface area contributed by atoms with Crippen LogP contribution in [0.4, 0.5) is 4.79 Å². The Kier molecular flexibility index (Phi) is 4.02. The maximum absolute atomic E-state index is 10.9. The summed E-state index contributed by atoms with van der Waals surface area (Å²) in [6.07, 6.45) is 2.41. The molecule has 76 valence electrons. The van der Waals surface area contributed by atoms with Gasteiger partial charge in [-0.2, -0.15) is 0 Å². The summed E-state index contributed by atoms with van der Waals surface area (Å²) in [4.78, 5) is 10.9. The van der Waals surface area contributed by atoms with Crippen LogP contribution in [0, 0.1) is 5.92 Å². The van der Waals surface area contributed by atoms with E-state index in [0.29, 0.717) is 6.04 Å². The van der Waals surface area contributed by atoms with Gasteiger partial charge in [-0.25, -0.2) is 4.79 Å². The van der Waals surface area contributed by atoms with Crippen LogP contribution < -0.4 is 16.0 Å². The molecule has 2 amide bonds. The van der Waals surface area contributed by atoms with Crippen molar-refractivity contribution in [3.63, 3.8) is 0 Å². The molecule has 13 heavy (non-hydrogen) atoms. The number of nitrogens with one attached hydrogen (secondary N) is 3. The minimum Gasteiger partial charge on any atom is -0.341 e. The Bertz CT molecular complexity index is 164. The molecule has 0 aromatic heterocycles. The molecule has 0 radical (unpaired) electrons. The van der Waals surface area contributed by atoms with Gasteiger partial charge >= 0.3 is 6.03 Å². The third-order valence-corrected chi connectivity index (χ3v) is 2.50. The van der Waals surface area contributed by atoms with Gasteiger partial charge in [0.05, 0.1) is 0 Å². The quantitative estimate of drug-likeness (QED) is 0.579. The van der Waals surface area contributed by atoms with E-state index >= 15 is 0 Å². The van der Waals surface area contributed by atoms with Gasteiger partial charge in [0, 0.05) is 19.6 Å². The molecule has 1 aliphatic rings. The second kappa shape index (κ2) is 5.07. The zero-order valence-electron chi connectivity index (χ0n) is 8.39. The summed E-state index contributed by atoms with van der Waals surface area (Å²) in [6.45, 7) is 4.04. The number of hydrogen-bond donors (Lipinski definition) is 3. The van der Waals surface area contributed by atoms with Gasteiger partial charge in [0.2, 0.25) is 0 Å². The van der Waals surface area contributed by atoms with Crippen molar-refractivity contribution in [2.75, 3.05) is 20.1 Å². The molecule has 1 saturated heterocycles. The molecule has 3 N–H and O–H groups in total. The smallest absolute Gasteiger partial charge is 0.314 e. The van der Waals surface area contributed by atoms with E-state index in [2.05, 4.69) is 22.9 Å². The predicted molar refractivity (Wildman–Crippen MR) is 52.6 cm³/mol. The Balaban J connectivity index is 2.12. The SMILES string of the molecule is CNC(=O)NCC1CCC(C)CN1. The van der Waals surface area contributed by atoms with Gasteiger partial charge in [0.15, 0.2) is 0 Å². The molecule has 0 aromatic carbocycles. The number of amides is 2. The zero-order chi connectivity index (χ0) is 9.68. The molecular weight excluding hydrogens is 166 g/mol. The van der Waals surface area contributed by atoms with Crippen molar-refractivity contribution in [1.29, 1.82) is 0 Å². The third-order valence-electron chi connectivity index (χ3n) is 2.50. The van der Waals surface area contributed by atoms with Crippen molar-refractivity contribution in [3.05, 3.63) is 0 Å². The molecule has 1 aliphatic heterocycles. The fourth-order valence-corrected chi connectivity index (χ4v) is 1.54. The Morgan fingerprint density at radius 1 is 1.54 bits per heavy atom. The average Bonchev–Trinajstić information content (AvgIpc) is 2.16. The first-order valence-electron chi connectivity index (χ1n) is 4.91. The molecule has 1 heterocycles. The summed E-state index contributed by atoms with van der Waals surface area (Å²) in [5.74, 6) is 0.774. The second-order valence-corrected chi connectivity index (χ2v) is 3.75. The van der Waals surface area contributed by atoms with Crippen LogP contribution in [0.3, 0.4) is 0 Å². The maximum Gasteiger partial charge on any atom is 0.314 e. The van der Waals surface area contributed by atoms with Crippen LogP contribution in [0.15, 0.2) is 0 Å². The second-order valence-electron chi connectivity index (χ2n) is 3.75. The highest BCUT2D eigenvalue weighted by atomic mass is 16.2. The molecular formula is C9H19N3O. The topological polar surface area (TPSA) is 53.2 Å². The lowest BCUT2D eigenvalue weighted by atomic mass is 9.96. The van der Waals surface area contributed by atoms with Crippen molar-refractivity contribution in [2.24, 2.45) is 5.92 Å². The first-order valence-corrected chi connectivity index (χ1v) is 4.91. The largest absolute Gasteiger partial charge is 0.341 e. The lowest BCUT2D eigenvalue weighted by Crippen LogP contribution is -2.47. The summed E-state index contributed by atoms with van der Waals surface area (Å²) in [7, 11) is 1.63. The first-order chi connectivity index (χ1) is 6.22. The van der Waals surface area contributed by atoms with Crippen LogP contribution in [0.1, 0.15) is 19.8 Å². The Labute approximate surface area is 79.5 Å². The number of urea groups is 1. The van der Waals surface area contributed by atoms with E-state index < -0.39 is 0 Å². The lowest BCUT2D eigenvalue weighted by Gasteiger charge is -2.27. The van der Waals surface area contributed by atoms with Gasteiger partial charge in [0.1, 0.15) is 0 Å². The number of piperidine rings is 1. The highest BCUT2D eigenvalue weighted by Crippen LogP contribution is 2.12. The average molecular weight is 185 g/mol. The maximum atomic E-state index is 10.9. The van der Waals surface area contributed by atoms with E-state index in [9.17, 15) is 4.79 Å². The number of carbonyl (C=O) groups excluding carboxylic acids is 1. The Hall–Kier alpha value is -0.770. The van der Waals surface area contributed by atoms with Gasteiger partial charge in [-0.05, 0) is 25.3 Å². The molecule has 0 bridgehead atoms. The number of rotatable bonds is 2. The molecule has 0 aliphatic carbocycles. The van der Waals surface area contributed by atoms with Crippen molar-refractivity contribution in [3.8, 4) is 0 Å². The molecule has 1 fully saturated rings. The highest BCUT2D eigenvalue weighted by Gasteiger charge is 2.17. The van der Waals surface area contributed by atoms with E-state index in [1.54, 1.807) is 7.05 Å². The number of carbonyl (C=O) groups is 1. The monoisotopic (exact) mass is 185 g/mol. The van der Waals surface area contributed by atoms with E-state index in [-0.39, 0.29) is 6.03 Å². The third kappa shape index (κ3) is 3.63. The minimum absolute atomic E-state index is 0.0968. The van der Waals surface area contributed by atoms with Crippen LogP contribution in [-0.2, 0) is 0 Å². The molecule has 1 rings (SSSR count). The van der Waals surface area contributed by atoms with E-state index in [1.807, 2.05) is 0 Å². The van der Waals surface area contributed by atoms with Gasteiger partial charge in [-0.1, -0.05) is 6.92 Å². The standard InChI is InChI=1S/C9H19N3O/c1-7-3-4-8(11-5-7)6-12-9(13)10-2/h7-8,11H,3-6H2,1-2H3,(H2,10,12,13). The van der Waals surface area contributed by atoms with Crippen molar-refractivity contribution >= 4 is 6.03 Å². The normalized spacial score (nSPS) is 28.2. The van der Waals surface area contributed by atoms with E-state index in [4.69, 9.17) is 0 Å². The molecule has 0 aromatic rings. The molecule has 2 atom stereocenters. The van der Waals surface area contributed by atoms with Gasteiger partial charge in [-0.3, -0.25) is 0 Å². The Morgan fingerprint density at radius 2 is 2.31 bits per heavy atom. The fourth-order valence-electron chi connectivity index (χ4n) is 1.54. The highest BCUT2D eigenvalue weighted by molar-refractivity contribution is 5.73. The summed E-state index contributed by atoms with van der Waals surface area (Å²) in [6, 6.07) is 0.355. The van der Waals surface area contributed by atoms with Gasteiger partial charge < -0.3 is 16.0 Å². The van der Waals surface area contributed by atoms with Crippen molar-refractivity contribution in [2.45, 2.75) is 25.8 Å². The van der Waals surface area contributed by atoms with Crippen LogP contribution in [-0.4, -0.2) is 32.2 Å². The minimum atomic E-state index is -0.0968. The van der Waals surface area contributed by atoms with Gasteiger partial charge in [0.25, 0.3) is 0 Å². The van der Waals surface area contributed by atoms with Crippen molar-refractivity contribution in [1.82, 2.24) is 16.0 Å². The summed E-state index contributed by atoms with van der Waals surface area (Å²) < 4.78 is 0. The van der Waals surface area contributed by atoms with E-state index in [0.717, 1.165) is 25.4 Å². The summed E-state index contributed by atoms with van der Waals surface area (Å²) in [5, 5.41) is 8.75. The van der Waals surface area contributed by atoms with Crippen LogP contribution >= 0.6 is 0 Å². The van der Waals surface area contributed by atoms with Crippen molar-refractivity contribution < 1.29 is 4.79 Å². The van der Waals surface area contributed by atoms with Crippen LogP contribution in [0.2, 0.25) is 0 Å². The Morgan fingerprint density at radius 3 is 2.85 bits per heavy atom. The molecule has 2 unspecified atom stereocenters. The fraction of sp³-hybridized carbons (Fsp3) is 0.889. The summed E-state index contributed by atoms with van der Waals surface area (Å²) >= 11 is 0. The number of hydrogen-bond acceptors (Lipinski definition) is 2. The van der Waals surface area contributed by atoms with Crippen LogP contribution in [0.25, 0.3) is 0 Å². The molecule has 0 saturated carbocycles. The lowest BCUT2D eigenvalue weighted by molar-refractivity contribution is 0.239. The molecule has 0 spiro atoms. The van der Waals surface area contributed by atoms with Crippen LogP contribution in [0.5, 0.6) is 0 Å².